The third-order valence-electron chi connectivity index (χ3n) is 7.59. The van der Waals surface area contributed by atoms with Gasteiger partial charge in [-0.25, -0.2) is 9.79 Å². The van der Waals surface area contributed by atoms with Crippen LogP contribution in [0.2, 0.25) is 0 Å². The summed E-state index contributed by atoms with van der Waals surface area (Å²) in [5.74, 6) is 0.764. The van der Waals surface area contributed by atoms with E-state index < -0.39 is 0 Å². The summed E-state index contributed by atoms with van der Waals surface area (Å²) in [6.07, 6.45) is -0.0555. The number of piperazine rings is 1. The molecule has 3 amide bonds. The maximum atomic E-state index is 12.8. The summed E-state index contributed by atoms with van der Waals surface area (Å²) in [4.78, 5) is 36.7. The third-order valence-corrected chi connectivity index (χ3v) is 7.59. The zero-order valence-electron chi connectivity index (χ0n) is 24.3. The Bertz CT molecular complexity index is 1250. The van der Waals surface area contributed by atoms with E-state index in [0.29, 0.717) is 49.9 Å². The molecule has 3 aliphatic rings. The van der Waals surface area contributed by atoms with Crippen LogP contribution in [0.5, 0.6) is 0 Å². The lowest BCUT2D eigenvalue weighted by Crippen LogP contribution is -2.54. The van der Waals surface area contributed by atoms with Crippen molar-refractivity contribution in [3.8, 4) is 0 Å². The first-order chi connectivity index (χ1) is 20.5. The SMILES string of the molecule is CCN1CN=C(c2ccc(NC(=O)Nc3ccc(C(=O)N4CCN(C)CC4)cc3)cc2)NC(N2CCOCC2)CN=N1. The van der Waals surface area contributed by atoms with E-state index in [1.54, 1.807) is 24.3 Å². The fourth-order valence-electron chi connectivity index (χ4n) is 4.96. The molecule has 13 nitrogen and oxygen atoms in total. The largest absolute Gasteiger partial charge is 0.379 e. The Labute approximate surface area is 246 Å². The zero-order chi connectivity index (χ0) is 29.3. The molecule has 1 atom stereocenters. The van der Waals surface area contributed by atoms with Crippen molar-refractivity contribution in [1.29, 1.82) is 0 Å². The van der Waals surface area contributed by atoms with Gasteiger partial charge in [0.25, 0.3) is 5.91 Å². The lowest BCUT2D eigenvalue weighted by Gasteiger charge is -2.34. The second kappa shape index (κ2) is 14.2. The van der Waals surface area contributed by atoms with Gasteiger partial charge in [0, 0.05) is 68.3 Å². The Morgan fingerprint density at radius 2 is 1.57 bits per heavy atom. The number of nitrogens with zero attached hydrogens (tertiary/aromatic N) is 7. The van der Waals surface area contributed by atoms with Crippen molar-refractivity contribution >= 4 is 29.1 Å². The number of rotatable bonds is 6. The normalized spacial score (nSPS) is 20.5. The molecule has 3 aliphatic heterocycles. The maximum Gasteiger partial charge on any atom is 0.323 e. The smallest absolute Gasteiger partial charge is 0.323 e. The van der Waals surface area contributed by atoms with Crippen molar-refractivity contribution < 1.29 is 14.3 Å². The van der Waals surface area contributed by atoms with Gasteiger partial charge in [-0.05, 0) is 62.5 Å². The molecule has 13 heteroatoms. The number of ether oxygens (including phenoxy) is 1. The number of morpholine rings is 1. The molecule has 2 aromatic rings. The standard InChI is InChI=1S/C29H40N10O3/c1-3-39-21-30-27(34-26(20-31-35-39)37-16-18-42-19-17-37)22-4-8-24(9-5-22)32-29(41)33-25-10-6-23(7-11-25)28(40)38-14-12-36(2)13-15-38/h4-11,26H,3,12-21H2,1-2H3,(H,30,34)(H2,32,33,41). The Morgan fingerprint density at radius 3 is 2.21 bits per heavy atom. The van der Waals surface area contributed by atoms with Crippen LogP contribution in [0.15, 0.2) is 63.9 Å². The number of nitrogens with one attached hydrogen (secondary N) is 3. The molecule has 42 heavy (non-hydrogen) atoms. The second-order valence-corrected chi connectivity index (χ2v) is 10.5. The van der Waals surface area contributed by atoms with E-state index in [1.807, 2.05) is 41.1 Å². The number of hydrogen-bond acceptors (Lipinski definition) is 10. The highest BCUT2D eigenvalue weighted by molar-refractivity contribution is 6.02. The average Bonchev–Trinajstić information content (AvgIpc) is 3.13. The second-order valence-electron chi connectivity index (χ2n) is 10.5. The number of amides is 3. The van der Waals surface area contributed by atoms with Crippen molar-refractivity contribution in [2.24, 2.45) is 15.3 Å². The molecule has 2 aromatic carbocycles. The molecule has 0 spiro atoms. The monoisotopic (exact) mass is 576 g/mol. The molecule has 0 bridgehead atoms. The Morgan fingerprint density at radius 1 is 0.929 bits per heavy atom. The molecule has 1 unspecified atom stereocenters. The van der Waals surface area contributed by atoms with Crippen molar-refractivity contribution in [2.75, 3.05) is 89.9 Å². The van der Waals surface area contributed by atoms with Crippen LogP contribution in [0.4, 0.5) is 16.2 Å². The summed E-state index contributed by atoms with van der Waals surface area (Å²) in [6.45, 7) is 9.79. The van der Waals surface area contributed by atoms with Crippen molar-refractivity contribution in [3.63, 3.8) is 0 Å². The molecule has 2 fully saturated rings. The van der Waals surface area contributed by atoms with Crippen LogP contribution in [-0.2, 0) is 4.74 Å². The van der Waals surface area contributed by atoms with Crippen molar-refractivity contribution in [2.45, 2.75) is 13.1 Å². The summed E-state index contributed by atoms with van der Waals surface area (Å²) in [5.41, 5.74) is 2.76. The van der Waals surface area contributed by atoms with Crippen LogP contribution in [0.25, 0.3) is 0 Å². The number of aliphatic imine (C=N–C) groups is 1. The minimum atomic E-state index is -0.368. The number of urea groups is 1. The van der Waals surface area contributed by atoms with Gasteiger partial charge < -0.3 is 30.5 Å². The number of hydrogen-bond donors (Lipinski definition) is 3. The molecule has 3 heterocycles. The average molecular weight is 577 g/mol. The van der Waals surface area contributed by atoms with Crippen molar-refractivity contribution in [3.05, 3.63) is 59.7 Å². The van der Waals surface area contributed by atoms with Gasteiger partial charge in [0.1, 0.15) is 18.7 Å². The fraction of sp³-hybridized carbons (Fsp3) is 0.483. The first-order valence-electron chi connectivity index (χ1n) is 14.5. The molecule has 224 valence electrons. The Hall–Kier alpha value is -4.07. The van der Waals surface area contributed by atoms with Gasteiger partial charge in [0.15, 0.2) is 0 Å². The van der Waals surface area contributed by atoms with Crippen LogP contribution in [-0.4, -0.2) is 123 Å². The van der Waals surface area contributed by atoms with E-state index >= 15 is 0 Å². The summed E-state index contributed by atoms with van der Waals surface area (Å²) in [5, 5.41) is 19.8. The topological polar surface area (TPSA) is 130 Å². The molecule has 0 saturated carbocycles. The van der Waals surface area contributed by atoms with Crippen LogP contribution >= 0.6 is 0 Å². The molecule has 2 saturated heterocycles. The lowest BCUT2D eigenvalue weighted by atomic mass is 10.1. The lowest BCUT2D eigenvalue weighted by molar-refractivity contribution is 0.0149. The number of amidine groups is 1. The van der Waals surface area contributed by atoms with Gasteiger partial charge in [-0.3, -0.25) is 14.7 Å². The van der Waals surface area contributed by atoms with Crippen LogP contribution in [0.3, 0.4) is 0 Å². The van der Waals surface area contributed by atoms with E-state index in [9.17, 15) is 9.59 Å². The fourth-order valence-corrected chi connectivity index (χ4v) is 4.96. The van der Waals surface area contributed by atoms with Crippen LogP contribution < -0.4 is 16.0 Å². The van der Waals surface area contributed by atoms with Gasteiger partial charge >= 0.3 is 6.03 Å². The van der Waals surface area contributed by atoms with Crippen molar-refractivity contribution in [1.82, 2.24) is 25.0 Å². The molecule has 5 rings (SSSR count). The van der Waals surface area contributed by atoms with E-state index in [-0.39, 0.29) is 18.1 Å². The first kappa shape index (κ1) is 29.4. The predicted molar refractivity (Wildman–Crippen MR) is 162 cm³/mol. The van der Waals surface area contributed by atoms with Gasteiger partial charge in [-0.1, -0.05) is 5.22 Å². The summed E-state index contributed by atoms with van der Waals surface area (Å²) in [6, 6.07) is 14.2. The third kappa shape index (κ3) is 7.81. The highest BCUT2D eigenvalue weighted by atomic mass is 16.5. The van der Waals surface area contributed by atoms with Crippen LogP contribution in [0.1, 0.15) is 22.8 Å². The Balaban J connectivity index is 1.18. The molecule has 3 N–H and O–H groups in total. The summed E-state index contributed by atoms with van der Waals surface area (Å²) < 4.78 is 5.52. The minimum Gasteiger partial charge on any atom is -0.379 e. The molecule has 0 aromatic heterocycles. The first-order valence-corrected chi connectivity index (χ1v) is 14.5. The van der Waals surface area contributed by atoms with Gasteiger partial charge in [0.2, 0.25) is 0 Å². The van der Waals surface area contributed by atoms with Crippen LogP contribution in [0, 0.1) is 0 Å². The van der Waals surface area contributed by atoms with E-state index in [1.165, 1.54) is 0 Å². The molecular weight excluding hydrogens is 536 g/mol. The van der Waals surface area contributed by atoms with Gasteiger partial charge in [-0.15, -0.1) is 0 Å². The quantitative estimate of drug-likeness (QED) is 0.482. The summed E-state index contributed by atoms with van der Waals surface area (Å²) >= 11 is 0. The molecule has 0 aliphatic carbocycles. The number of likely N-dealkylation sites (N-methyl/N-ethyl adjacent to an activating group) is 1. The van der Waals surface area contributed by atoms with Gasteiger partial charge in [-0.2, -0.15) is 5.11 Å². The number of anilines is 2. The molecular formula is C29H40N10O3. The van der Waals surface area contributed by atoms with E-state index in [2.05, 4.69) is 43.1 Å². The summed E-state index contributed by atoms with van der Waals surface area (Å²) in [7, 11) is 2.06. The number of carbonyl (C=O) groups excluding carboxylic acids is 2. The predicted octanol–water partition coefficient (Wildman–Crippen LogP) is 2.37. The van der Waals surface area contributed by atoms with E-state index in [4.69, 9.17) is 9.73 Å². The number of benzene rings is 2. The maximum absolute atomic E-state index is 12.8. The highest BCUT2D eigenvalue weighted by Gasteiger charge is 2.24. The Kier molecular flexibility index (Phi) is 9.95. The van der Waals surface area contributed by atoms with E-state index in [0.717, 1.165) is 50.7 Å². The zero-order valence-corrected chi connectivity index (χ0v) is 24.3. The molecule has 0 radical (unpaired) electrons. The minimum absolute atomic E-state index is 0.0145. The highest BCUT2D eigenvalue weighted by Crippen LogP contribution is 2.16. The number of carbonyl (C=O) groups is 2. The van der Waals surface area contributed by atoms with Gasteiger partial charge in [0.05, 0.1) is 19.8 Å².